The van der Waals surface area contributed by atoms with Gasteiger partial charge in [-0.15, -0.1) is 0 Å². The van der Waals surface area contributed by atoms with Crippen molar-refractivity contribution >= 4 is 18.2 Å². The van der Waals surface area contributed by atoms with Crippen molar-refractivity contribution in [3.63, 3.8) is 0 Å². The molecule has 0 aromatic carbocycles. The van der Waals surface area contributed by atoms with E-state index in [4.69, 9.17) is 9.47 Å². The minimum absolute atomic E-state index is 0.232. The first kappa shape index (κ1) is 18.9. The standard InChI is InChI=1S/C20H24O5/c1-5-13(3)19(22)24-17-10-15(11-21)8-6-7-12(2)9-16-18(17)14(4)20(23)25-16/h5,8-9,11,16-18H,4,6-7,10H2,1-3H3/b12-9?,13-5-,15-8?. The summed E-state index contributed by atoms with van der Waals surface area (Å²) in [7, 11) is 0. The number of fused-ring (bicyclic) bond motifs is 1. The molecule has 5 nitrogen and oxygen atoms in total. The van der Waals surface area contributed by atoms with E-state index in [1.54, 1.807) is 19.9 Å². The smallest absolute Gasteiger partial charge is 0.334 e. The van der Waals surface area contributed by atoms with Gasteiger partial charge in [-0.3, -0.25) is 4.79 Å². The van der Waals surface area contributed by atoms with Gasteiger partial charge in [-0.25, -0.2) is 9.59 Å². The molecule has 0 spiro atoms. The van der Waals surface area contributed by atoms with Crippen LogP contribution in [0.15, 0.2) is 47.1 Å². The Morgan fingerprint density at radius 1 is 1.44 bits per heavy atom. The molecule has 25 heavy (non-hydrogen) atoms. The van der Waals surface area contributed by atoms with Gasteiger partial charge < -0.3 is 9.47 Å². The van der Waals surface area contributed by atoms with E-state index < -0.39 is 30.1 Å². The first-order valence-electron chi connectivity index (χ1n) is 8.42. The van der Waals surface area contributed by atoms with Crippen LogP contribution in [0.4, 0.5) is 0 Å². The molecule has 0 aromatic heterocycles. The molecule has 1 fully saturated rings. The highest BCUT2D eigenvalue weighted by Crippen LogP contribution is 2.36. The first-order chi connectivity index (χ1) is 11.9. The number of hydrogen-bond donors (Lipinski definition) is 0. The molecule has 0 saturated carbocycles. The van der Waals surface area contributed by atoms with Crippen molar-refractivity contribution in [2.45, 2.75) is 52.2 Å². The van der Waals surface area contributed by atoms with E-state index in [2.05, 4.69) is 6.58 Å². The topological polar surface area (TPSA) is 69.7 Å². The Kier molecular flexibility index (Phi) is 6.12. The Labute approximate surface area is 148 Å². The van der Waals surface area contributed by atoms with Crippen LogP contribution in [-0.4, -0.2) is 30.4 Å². The Hall–Kier alpha value is -2.43. The summed E-state index contributed by atoms with van der Waals surface area (Å²) >= 11 is 0. The third kappa shape index (κ3) is 4.35. The number of allylic oxidation sites excluding steroid dienone is 3. The second-order valence-electron chi connectivity index (χ2n) is 6.49. The van der Waals surface area contributed by atoms with E-state index >= 15 is 0 Å². The van der Waals surface area contributed by atoms with Crippen LogP contribution in [0.25, 0.3) is 0 Å². The predicted octanol–water partition coefficient (Wildman–Crippen LogP) is 3.22. The predicted molar refractivity (Wildman–Crippen MR) is 93.6 cm³/mol. The lowest BCUT2D eigenvalue weighted by Crippen LogP contribution is -2.34. The van der Waals surface area contributed by atoms with Crippen LogP contribution < -0.4 is 0 Å². The van der Waals surface area contributed by atoms with Gasteiger partial charge in [-0.05, 0) is 45.3 Å². The number of ether oxygens (including phenoxy) is 2. The molecule has 0 amide bonds. The normalized spacial score (nSPS) is 27.6. The Morgan fingerprint density at radius 3 is 2.80 bits per heavy atom. The van der Waals surface area contributed by atoms with Crippen molar-refractivity contribution < 1.29 is 23.9 Å². The van der Waals surface area contributed by atoms with Crippen molar-refractivity contribution in [3.8, 4) is 0 Å². The Morgan fingerprint density at radius 2 is 2.16 bits per heavy atom. The lowest BCUT2D eigenvalue weighted by atomic mass is 9.85. The van der Waals surface area contributed by atoms with E-state index in [-0.39, 0.29) is 12.0 Å². The average molecular weight is 344 g/mol. The fourth-order valence-electron chi connectivity index (χ4n) is 3.03. The fraction of sp³-hybridized carbons (Fsp3) is 0.450. The molecule has 1 aliphatic carbocycles. The molecule has 134 valence electrons. The van der Waals surface area contributed by atoms with Crippen LogP contribution in [-0.2, 0) is 23.9 Å². The molecule has 1 aliphatic heterocycles. The maximum atomic E-state index is 12.3. The van der Waals surface area contributed by atoms with Crippen molar-refractivity contribution in [2.24, 2.45) is 5.92 Å². The molecule has 5 heteroatoms. The van der Waals surface area contributed by atoms with Gasteiger partial charge in [0.2, 0.25) is 0 Å². The molecule has 0 bridgehead atoms. The maximum Gasteiger partial charge on any atom is 0.334 e. The minimum Gasteiger partial charge on any atom is -0.458 e. The molecular weight excluding hydrogens is 320 g/mol. The van der Waals surface area contributed by atoms with E-state index in [1.165, 1.54) is 0 Å². The highest BCUT2D eigenvalue weighted by Gasteiger charge is 2.44. The summed E-state index contributed by atoms with van der Waals surface area (Å²) in [6, 6.07) is 0. The van der Waals surface area contributed by atoms with Crippen LogP contribution in [0.3, 0.4) is 0 Å². The van der Waals surface area contributed by atoms with Gasteiger partial charge >= 0.3 is 11.9 Å². The zero-order valence-corrected chi connectivity index (χ0v) is 14.9. The van der Waals surface area contributed by atoms with Crippen LogP contribution in [0.5, 0.6) is 0 Å². The summed E-state index contributed by atoms with van der Waals surface area (Å²) in [4.78, 5) is 35.7. The van der Waals surface area contributed by atoms with Gasteiger partial charge in [0, 0.05) is 17.6 Å². The van der Waals surface area contributed by atoms with E-state index in [0.717, 1.165) is 18.3 Å². The summed E-state index contributed by atoms with van der Waals surface area (Å²) in [5, 5.41) is 0. The Bertz CT molecular complexity index is 680. The molecular formula is C20H24O5. The zero-order valence-electron chi connectivity index (χ0n) is 14.9. The SMILES string of the molecule is C=C1C(=O)OC2C=C(C)CCC=C(C=O)CC(OC(=O)/C(C)=C\C)C12. The summed E-state index contributed by atoms with van der Waals surface area (Å²) in [5.74, 6) is -1.46. The third-order valence-electron chi connectivity index (χ3n) is 4.66. The number of carbonyl (C=O) groups excluding carboxylic acids is 3. The monoisotopic (exact) mass is 344 g/mol. The molecule has 0 aromatic rings. The van der Waals surface area contributed by atoms with Gasteiger partial charge in [0.1, 0.15) is 18.5 Å². The highest BCUT2D eigenvalue weighted by atomic mass is 16.6. The maximum absolute atomic E-state index is 12.3. The second kappa shape index (κ2) is 8.10. The van der Waals surface area contributed by atoms with Gasteiger partial charge in [-0.1, -0.05) is 24.3 Å². The molecule has 3 unspecified atom stereocenters. The molecule has 0 radical (unpaired) electrons. The number of esters is 2. The summed E-state index contributed by atoms with van der Waals surface area (Å²) < 4.78 is 11.1. The molecule has 0 N–H and O–H groups in total. The molecule has 2 aliphatic rings. The number of rotatable bonds is 3. The van der Waals surface area contributed by atoms with Gasteiger partial charge in [0.15, 0.2) is 0 Å². The van der Waals surface area contributed by atoms with Crippen molar-refractivity contribution in [1.29, 1.82) is 0 Å². The van der Waals surface area contributed by atoms with Crippen molar-refractivity contribution in [2.75, 3.05) is 0 Å². The van der Waals surface area contributed by atoms with E-state index in [9.17, 15) is 14.4 Å². The lowest BCUT2D eigenvalue weighted by molar-refractivity contribution is -0.147. The fourth-order valence-corrected chi connectivity index (χ4v) is 3.03. The van der Waals surface area contributed by atoms with Crippen molar-refractivity contribution in [1.82, 2.24) is 0 Å². The second-order valence-corrected chi connectivity index (χ2v) is 6.49. The number of carbonyl (C=O) groups is 3. The summed E-state index contributed by atoms with van der Waals surface area (Å²) in [5.41, 5.74) is 2.34. The van der Waals surface area contributed by atoms with Crippen LogP contribution in [0.2, 0.25) is 0 Å². The van der Waals surface area contributed by atoms with Crippen molar-refractivity contribution in [3.05, 3.63) is 47.1 Å². The minimum atomic E-state index is -0.690. The zero-order chi connectivity index (χ0) is 18.6. The molecule has 1 saturated heterocycles. The van der Waals surface area contributed by atoms with E-state index in [0.29, 0.717) is 17.6 Å². The van der Waals surface area contributed by atoms with Crippen LogP contribution in [0, 0.1) is 5.92 Å². The Balaban J connectivity index is 2.42. The van der Waals surface area contributed by atoms with Gasteiger partial charge in [0.05, 0.1) is 5.92 Å². The number of aldehydes is 1. The molecule has 2 rings (SSSR count). The highest BCUT2D eigenvalue weighted by molar-refractivity contribution is 5.92. The molecule has 1 heterocycles. The number of hydrogen-bond acceptors (Lipinski definition) is 5. The largest absolute Gasteiger partial charge is 0.458 e. The van der Waals surface area contributed by atoms with Gasteiger partial charge in [-0.2, -0.15) is 0 Å². The quantitative estimate of drug-likeness (QED) is 0.340. The first-order valence-corrected chi connectivity index (χ1v) is 8.42. The van der Waals surface area contributed by atoms with Crippen LogP contribution in [0.1, 0.15) is 40.0 Å². The van der Waals surface area contributed by atoms with E-state index in [1.807, 2.05) is 19.1 Å². The average Bonchev–Trinajstić information content (AvgIpc) is 2.85. The van der Waals surface area contributed by atoms with Crippen LogP contribution >= 0.6 is 0 Å². The third-order valence-corrected chi connectivity index (χ3v) is 4.66. The summed E-state index contributed by atoms with van der Waals surface area (Å²) in [6.07, 6.45) is 6.67. The summed E-state index contributed by atoms with van der Waals surface area (Å²) in [6.45, 7) is 9.18. The van der Waals surface area contributed by atoms with Gasteiger partial charge in [0.25, 0.3) is 0 Å². The molecule has 3 atom stereocenters. The lowest BCUT2D eigenvalue weighted by Gasteiger charge is -2.27.